The van der Waals surface area contributed by atoms with Gasteiger partial charge >= 0.3 is 0 Å². The minimum Gasteiger partial charge on any atom is -0.273 e. The van der Waals surface area contributed by atoms with Gasteiger partial charge in [-0.25, -0.2) is 17.5 Å². The lowest BCUT2D eigenvalue weighted by Gasteiger charge is -2.09. The van der Waals surface area contributed by atoms with Crippen LogP contribution < -0.4 is 15.6 Å². The van der Waals surface area contributed by atoms with Crippen LogP contribution in [0.2, 0.25) is 10.0 Å². The Hall–Kier alpha value is -1.85. The molecule has 162 valence electrons. The number of sulfonamides is 1. The zero-order valence-corrected chi connectivity index (χ0v) is 18.6. The molecule has 2 aromatic carbocycles. The fourth-order valence-electron chi connectivity index (χ4n) is 2.12. The van der Waals surface area contributed by atoms with E-state index in [1.54, 1.807) is 18.2 Å². The van der Waals surface area contributed by atoms with Crippen LogP contribution in [0, 0.1) is 5.82 Å². The third-order valence-electron chi connectivity index (χ3n) is 3.59. The predicted octanol–water partition coefficient (Wildman–Crippen LogP) is 3.13. The Bertz CT molecular complexity index is 1000. The molecule has 0 unspecified atom stereocenters. The van der Waals surface area contributed by atoms with Crippen LogP contribution in [-0.4, -0.2) is 32.5 Å². The van der Waals surface area contributed by atoms with Crippen LogP contribution in [0.25, 0.3) is 0 Å². The lowest BCUT2D eigenvalue weighted by molar-refractivity contribution is -0.127. The summed E-state index contributed by atoms with van der Waals surface area (Å²) in [5.41, 5.74) is 4.52. The standard InChI is InChI=1S/C18H18Cl2FN3O4S2/c19-12-3-8-15(20)16(10-12)29-11-18(26)24-23-17(25)2-1-9-22-30(27,28)14-6-4-13(21)5-7-14/h3-8,10,22H,1-2,9,11H2,(H,23,25)(H,24,26). The average Bonchev–Trinajstić information content (AvgIpc) is 2.70. The zero-order valence-electron chi connectivity index (χ0n) is 15.5. The van der Waals surface area contributed by atoms with Crippen molar-refractivity contribution in [2.75, 3.05) is 12.3 Å². The summed E-state index contributed by atoms with van der Waals surface area (Å²) in [6, 6.07) is 9.27. The first-order valence-corrected chi connectivity index (χ1v) is 11.8. The lowest BCUT2D eigenvalue weighted by Crippen LogP contribution is -2.42. The van der Waals surface area contributed by atoms with E-state index in [9.17, 15) is 22.4 Å². The van der Waals surface area contributed by atoms with Crippen LogP contribution in [-0.2, 0) is 19.6 Å². The first kappa shape index (κ1) is 24.4. The first-order valence-electron chi connectivity index (χ1n) is 8.58. The molecule has 0 fully saturated rings. The van der Waals surface area contributed by atoms with Crippen molar-refractivity contribution in [1.29, 1.82) is 0 Å². The van der Waals surface area contributed by atoms with Gasteiger partial charge in [0.15, 0.2) is 0 Å². The molecule has 0 spiro atoms. The van der Waals surface area contributed by atoms with E-state index in [1.165, 1.54) is 0 Å². The lowest BCUT2D eigenvalue weighted by atomic mass is 10.3. The quantitative estimate of drug-likeness (QED) is 0.282. The van der Waals surface area contributed by atoms with Gasteiger partial charge in [0.05, 0.1) is 15.7 Å². The van der Waals surface area contributed by atoms with Crippen LogP contribution in [0.4, 0.5) is 4.39 Å². The molecule has 0 saturated heterocycles. The fraction of sp³-hybridized carbons (Fsp3) is 0.222. The van der Waals surface area contributed by atoms with Crippen molar-refractivity contribution in [3.05, 3.63) is 58.3 Å². The smallest absolute Gasteiger partial charge is 0.248 e. The van der Waals surface area contributed by atoms with Crippen molar-refractivity contribution >= 4 is 56.8 Å². The second kappa shape index (κ2) is 11.5. The monoisotopic (exact) mass is 493 g/mol. The summed E-state index contributed by atoms with van der Waals surface area (Å²) in [7, 11) is -3.78. The number of thioether (sulfide) groups is 1. The molecule has 2 aromatic rings. The van der Waals surface area contributed by atoms with Gasteiger partial charge in [0, 0.05) is 22.9 Å². The Labute approximate surface area is 187 Å². The summed E-state index contributed by atoms with van der Waals surface area (Å²) in [6.45, 7) is 0.00416. The molecule has 30 heavy (non-hydrogen) atoms. The number of rotatable bonds is 9. The van der Waals surface area contributed by atoms with E-state index < -0.39 is 27.7 Å². The minimum atomic E-state index is -3.78. The number of hydrogen-bond acceptors (Lipinski definition) is 5. The van der Waals surface area contributed by atoms with Crippen LogP contribution in [0.3, 0.4) is 0 Å². The molecule has 0 aromatic heterocycles. The van der Waals surface area contributed by atoms with E-state index in [-0.39, 0.29) is 30.0 Å². The number of nitrogens with one attached hydrogen (secondary N) is 3. The van der Waals surface area contributed by atoms with Crippen molar-refractivity contribution < 1.29 is 22.4 Å². The van der Waals surface area contributed by atoms with Crippen molar-refractivity contribution in [1.82, 2.24) is 15.6 Å². The Balaban J connectivity index is 1.65. The summed E-state index contributed by atoms with van der Waals surface area (Å²) in [5.74, 6) is -1.45. The number of benzene rings is 2. The highest BCUT2D eigenvalue weighted by atomic mass is 35.5. The van der Waals surface area contributed by atoms with Crippen LogP contribution in [0.15, 0.2) is 52.3 Å². The topological polar surface area (TPSA) is 104 Å². The molecular formula is C18H18Cl2FN3O4S2. The van der Waals surface area contributed by atoms with Crippen molar-refractivity contribution in [3.8, 4) is 0 Å². The Morgan fingerprint density at radius 2 is 1.67 bits per heavy atom. The number of halogens is 3. The molecule has 3 N–H and O–H groups in total. The van der Waals surface area contributed by atoms with Gasteiger partial charge in [0.2, 0.25) is 21.8 Å². The number of hydrogen-bond donors (Lipinski definition) is 3. The fourth-order valence-corrected chi connectivity index (χ4v) is 4.49. The van der Waals surface area contributed by atoms with Crippen LogP contribution >= 0.6 is 35.0 Å². The maximum atomic E-state index is 12.9. The van der Waals surface area contributed by atoms with Gasteiger partial charge in [0.25, 0.3) is 0 Å². The van der Waals surface area contributed by atoms with Crippen molar-refractivity contribution in [3.63, 3.8) is 0 Å². The second-order valence-electron chi connectivity index (χ2n) is 5.92. The molecule has 0 aliphatic heterocycles. The van der Waals surface area contributed by atoms with E-state index in [2.05, 4.69) is 15.6 Å². The highest BCUT2D eigenvalue weighted by Crippen LogP contribution is 2.29. The van der Waals surface area contributed by atoms with Crippen molar-refractivity contribution in [2.45, 2.75) is 22.6 Å². The summed E-state index contributed by atoms with van der Waals surface area (Å²) in [6.07, 6.45) is 0.189. The van der Waals surface area contributed by atoms with E-state index in [1.807, 2.05) is 0 Å². The zero-order chi connectivity index (χ0) is 22.1. The van der Waals surface area contributed by atoms with Gasteiger partial charge in [0.1, 0.15) is 5.82 Å². The Morgan fingerprint density at radius 3 is 2.37 bits per heavy atom. The molecule has 0 saturated carbocycles. The Kier molecular flexibility index (Phi) is 9.37. The maximum Gasteiger partial charge on any atom is 0.248 e. The van der Waals surface area contributed by atoms with Gasteiger partial charge in [-0.2, -0.15) is 0 Å². The third kappa shape index (κ3) is 8.11. The summed E-state index contributed by atoms with van der Waals surface area (Å²) in [4.78, 5) is 24.1. The molecule has 0 radical (unpaired) electrons. The number of amides is 2. The molecule has 0 aliphatic rings. The molecule has 0 atom stereocenters. The van der Waals surface area contributed by atoms with Gasteiger partial charge in [-0.3, -0.25) is 20.4 Å². The van der Waals surface area contributed by atoms with Gasteiger partial charge in [-0.1, -0.05) is 23.2 Å². The molecule has 0 heterocycles. The molecule has 2 amide bonds. The summed E-state index contributed by atoms with van der Waals surface area (Å²) in [5, 5.41) is 0.954. The molecular weight excluding hydrogens is 476 g/mol. The molecule has 0 bridgehead atoms. The predicted molar refractivity (Wildman–Crippen MR) is 114 cm³/mol. The minimum absolute atomic E-state index is 0.00416. The van der Waals surface area contributed by atoms with E-state index >= 15 is 0 Å². The number of carbonyl (C=O) groups excluding carboxylic acids is 2. The number of carbonyl (C=O) groups is 2. The molecule has 12 heteroatoms. The van der Waals surface area contributed by atoms with E-state index in [0.29, 0.717) is 14.9 Å². The second-order valence-corrected chi connectivity index (χ2v) is 9.54. The van der Waals surface area contributed by atoms with Crippen LogP contribution in [0.5, 0.6) is 0 Å². The number of hydrazine groups is 1. The maximum absolute atomic E-state index is 12.9. The highest BCUT2D eigenvalue weighted by Gasteiger charge is 2.14. The first-order chi connectivity index (χ1) is 14.2. The third-order valence-corrected chi connectivity index (χ3v) is 6.80. The van der Waals surface area contributed by atoms with Crippen molar-refractivity contribution in [2.24, 2.45) is 0 Å². The molecule has 7 nitrogen and oxygen atoms in total. The highest BCUT2D eigenvalue weighted by molar-refractivity contribution is 8.00. The van der Waals surface area contributed by atoms with Gasteiger partial charge in [-0.15, -0.1) is 11.8 Å². The SMILES string of the molecule is O=C(CCCNS(=O)(=O)c1ccc(F)cc1)NNC(=O)CSc1cc(Cl)ccc1Cl. The van der Waals surface area contributed by atoms with Crippen LogP contribution in [0.1, 0.15) is 12.8 Å². The summed E-state index contributed by atoms with van der Waals surface area (Å²) >= 11 is 13.1. The average molecular weight is 494 g/mol. The van der Waals surface area contributed by atoms with E-state index in [4.69, 9.17) is 23.2 Å². The van der Waals surface area contributed by atoms with E-state index in [0.717, 1.165) is 36.0 Å². The molecule has 2 rings (SSSR count). The normalized spacial score (nSPS) is 11.2. The largest absolute Gasteiger partial charge is 0.273 e. The molecule has 0 aliphatic carbocycles. The van der Waals surface area contributed by atoms with Gasteiger partial charge < -0.3 is 0 Å². The Morgan fingerprint density at radius 1 is 1.00 bits per heavy atom. The van der Waals surface area contributed by atoms with Gasteiger partial charge in [-0.05, 0) is 48.9 Å². The summed E-state index contributed by atoms with van der Waals surface area (Å²) < 4.78 is 39.2.